The highest BCUT2D eigenvalue weighted by Gasteiger charge is 2.25. The number of nitriles is 1. The van der Waals surface area contributed by atoms with Gasteiger partial charge in [0.25, 0.3) is 5.91 Å². The van der Waals surface area contributed by atoms with Crippen molar-refractivity contribution in [3.63, 3.8) is 0 Å². The lowest BCUT2D eigenvalue weighted by Crippen LogP contribution is -2.36. The van der Waals surface area contributed by atoms with Gasteiger partial charge in [0.15, 0.2) is 0 Å². The summed E-state index contributed by atoms with van der Waals surface area (Å²) in [6.07, 6.45) is 13.1. The van der Waals surface area contributed by atoms with E-state index < -0.39 is 0 Å². The van der Waals surface area contributed by atoms with E-state index in [1.165, 1.54) is 19.3 Å². The monoisotopic (exact) mass is 400 g/mol. The molecule has 2 aliphatic rings. The third-order valence-corrected chi connectivity index (χ3v) is 5.91. The highest BCUT2D eigenvalue weighted by Crippen LogP contribution is 2.29. The second kappa shape index (κ2) is 7.79. The Hall–Kier alpha value is -3.40. The molecule has 7 nitrogen and oxygen atoms in total. The van der Waals surface area contributed by atoms with E-state index in [1.807, 2.05) is 29.0 Å². The third kappa shape index (κ3) is 3.73. The number of hydrogen-bond acceptors (Lipinski definition) is 5. The minimum atomic E-state index is -0.0572. The van der Waals surface area contributed by atoms with E-state index in [0.29, 0.717) is 23.0 Å². The molecular formula is C23H24N6O. The van der Waals surface area contributed by atoms with Crippen molar-refractivity contribution in [1.29, 1.82) is 5.26 Å². The van der Waals surface area contributed by atoms with Gasteiger partial charge in [0.2, 0.25) is 0 Å². The third-order valence-electron chi connectivity index (χ3n) is 5.91. The maximum atomic E-state index is 13.0. The van der Waals surface area contributed by atoms with Crippen LogP contribution in [0.5, 0.6) is 0 Å². The number of hydrogen-bond donors (Lipinski definition) is 2. The summed E-state index contributed by atoms with van der Waals surface area (Å²) in [5, 5.41) is 16.7. The van der Waals surface area contributed by atoms with Gasteiger partial charge in [0.1, 0.15) is 17.5 Å². The number of amides is 1. The van der Waals surface area contributed by atoms with E-state index in [0.717, 1.165) is 42.4 Å². The second-order valence-electron chi connectivity index (χ2n) is 8.25. The Kier molecular flexibility index (Phi) is 4.83. The molecular weight excluding hydrogens is 376 g/mol. The van der Waals surface area contributed by atoms with E-state index >= 15 is 0 Å². The van der Waals surface area contributed by atoms with Crippen molar-refractivity contribution >= 4 is 22.6 Å². The van der Waals surface area contributed by atoms with Crippen LogP contribution in [0, 0.1) is 11.3 Å². The smallest absolute Gasteiger partial charge is 0.255 e. The van der Waals surface area contributed by atoms with Gasteiger partial charge in [0, 0.05) is 42.1 Å². The van der Waals surface area contributed by atoms with Crippen molar-refractivity contribution in [1.82, 2.24) is 19.9 Å². The number of aromatic nitrogens is 3. The molecule has 0 aromatic carbocycles. The second-order valence-corrected chi connectivity index (χ2v) is 8.25. The van der Waals surface area contributed by atoms with Gasteiger partial charge in [-0.05, 0) is 37.8 Å². The lowest BCUT2D eigenvalue weighted by Gasteiger charge is -2.23. The first-order valence-electron chi connectivity index (χ1n) is 10.7. The molecule has 0 spiro atoms. The van der Waals surface area contributed by atoms with Crippen LogP contribution in [0.4, 0.5) is 5.69 Å². The summed E-state index contributed by atoms with van der Waals surface area (Å²) in [5.41, 5.74) is 2.66. The minimum absolute atomic E-state index is 0.0572. The molecule has 152 valence electrons. The first-order chi connectivity index (χ1) is 14.7. The molecule has 1 amide bonds. The van der Waals surface area contributed by atoms with Crippen LogP contribution >= 0.6 is 0 Å². The summed E-state index contributed by atoms with van der Waals surface area (Å²) in [6, 6.07) is 8.45. The molecule has 3 aromatic heterocycles. The molecule has 2 saturated carbocycles. The minimum Gasteiger partial charge on any atom is -0.382 e. The zero-order valence-electron chi connectivity index (χ0n) is 16.8. The van der Waals surface area contributed by atoms with Gasteiger partial charge >= 0.3 is 0 Å². The molecule has 0 saturated heterocycles. The Morgan fingerprint density at radius 1 is 1.07 bits per heavy atom. The number of rotatable bonds is 5. The highest BCUT2D eigenvalue weighted by molar-refractivity contribution is 6.00. The summed E-state index contributed by atoms with van der Waals surface area (Å²) in [4.78, 5) is 22.0. The summed E-state index contributed by atoms with van der Waals surface area (Å²) < 4.78 is 1.89. The van der Waals surface area contributed by atoms with Gasteiger partial charge in [-0.3, -0.25) is 9.36 Å². The molecule has 0 radical (unpaired) electrons. The van der Waals surface area contributed by atoms with Crippen molar-refractivity contribution in [3.05, 3.63) is 47.9 Å². The lowest BCUT2D eigenvalue weighted by atomic mass is 9.95. The molecule has 0 unspecified atom stereocenters. The molecule has 3 heterocycles. The lowest BCUT2D eigenvalue weighted by molar-refractivity contribution is 0.0928. The van der Waals surface area contributed by atoms with Crippen LogP contribution in [0.3, 0.4) is 0 Å². The Labute approximate surface area is 175 Å². The normalized spacial score (nSPS) is 16.9. The molecule has 2 aliphatic carbocycles. The van der Waals surface area contributed by atoms with E-state index in [2.05, 4.69) is 26.7 Å². The molecule has 5 rings (SSSR count). The maximum absolute atomic E-state index is 13.0. The quantitative estimate of drug-likeness (QED) is 0.677. The van der Waals surface area contributed by atoms with Crippen molar-refractivity contribution < 1.29 is 4.79 Å². The van der Waals surface area contributed by atoms with Gasteiger partial charge in [-0.15, -0.1) is 0 Å². The van der Waals surface area contributed by atoms with Crippen LogP contribution in [0.25, 0.3) is 16.9 Å². The summed E-state index contributed by atoms with van der Waals surface area (Å²) in [5.74, 6) is 0.637. The van der Waals surface area contributed by atoms with Crippen molar-refractivity contribution in [3.8, 4) is 11.9 Å². The van der Waals surface area contributed by atoms with Gasteiger partial charge < -0.3 is 10.6 Å². The van der Waals surface area contributed by atoms with E-state index in [1.54, 1.807) is 12.4 Å². The Bertz CT molecular complexity index is 1130. The molecule has 3 aromatic rings. The highest BCUT2D eigenvalue weighted by atomic mass is 16.1. The first kappa shape index (κ1) is 18.6. The fraction of sp³-hybridized carbons (Fsp3) is 0.391. The van der Waals surface area contributed by atoms with Crippen LogP contribution in [0.2, 0.25) is 0 Å². The van der Waals surface area contributed by atoms with Gasteiger partial charge in [-0.1, -0.05) is 19.3 Å². The van der Waals surface area contributed by atoms with Crippen molar-refractivity contribution in [2.45, 2.75) is 57.0 Å². The largest absolute Gasteiger partial charge is 0.382 e. The van der Waals surface area contributed by atoms with Crippen molar-refractivity contribution in [2.24, 2.45) is 0 Å². The average molecular weight is 400 g/mol. The van der Waals surface area contributed by atoms with Crippen LogP contribution < -0.4 is 10.6 Å². The SMILES string of the molecule is N#Cc1cnc2c(ccn2-c2cc(NC3CC3)c(C(=O)NC3CCCCC3)cn2)c1. The number of anilines is 1. The summed E-state index contributed by atoms with van der Waals surface area (Å²) in [6.45, 7) is 0. The predicted molar refractivity (Wildman–Crippen MR) is 115 cm³/mol. The van der Waals surface area contributed by atoms with Gasteiger partial charge in [0.05, 0.1) is 16.8 Å². The molecule has 0 aliphatic heterocycles. The summed E-state index contributed by atoms with van der Waals surface area (Å²) in [7, 11) is 0. The summed E-state index contributed by atoms with van der Waals surface area (Å²) >= 11 is 0. The van der Waals surface area contributed by atoms with Crippen LogP contribution in [0.15, 0.2) is 36.8 Å². The fourth-order valence-corrected chi connectivity index (χ4v) is 4.10. The predicted octanol–water partition coefficient (Wildman–Crippen LogP) is 3.93. The number of nitrogens with one attached hydrogen (secondary N) is 2. The average Bonchev–Trinajstić information content (AvgIpc) is 3.49. The molecule has 7 heteroatoms. The Morgan fingerprint density at radius 3 is 2.67 bits per heavy atom. The number of carbonyl (C=O) groups excluding carboxylic acids is 1. The van der Waals surface area contributed by atoms with Gasteiger partial charge in [-0.2, -0.15) is 5.26 Å². The molecule has 2 fully saturated rings. The zero-order valence-corrected chi connectivity index (χ0v) is 16.8. The number of nitrogens with zero attached hydrogens (tertiary/aromatic N) is 4. The number of fused-ring (bicyclic) bond motifs is 1. The molecule has 0 atom stereocenters. The van der Waals surface area contributed by atoms with Crippen LogP contribution in [0.1, 0.15) is 60.9 Å². The maximum Gasteiger partial charge on any atom is 0.255 e. The van der Waals surface area contributed by atoms with Crippen LogP contribution in [-0.2, 0) is 0 Å². The Balaban J connectivity index is 1.47. The number of pyridine rings is 2. The van der Waals surface area contributed by atoms with E-state index in [9.17, 15) is 4.79 Å². The van der Waals surface area contributed by atoms with Crippen molar-refractivity contribution in [2.75, 3.05) is 5.32 Å². The van der Waals surface area contributed by atoms with Gasteiger partial charge in [-0.25, -0.2) is 9.97 Å². The molecule has 2 N–H and O–H groups in total. The van der Waals surface area contributed by atoms with E-state index in [-0.39, 0.29) is 11.9 Å². The van der Waals surface area contributed by atoms with Crippen LogP contribution in [-0.4, -0.2) is 32.5 Å². The zero-order chi connectivity index (χ0) is 20.5. The first-order valence-corrected chi connectivity index (χ1v) is 10.7. The molecule has 0 bridgehead atoms. The fourth-order valence-electron chi connectivity index (χ4n) is 4.10. The number of carbonyl (C=O) groups is 1. The molecule has 30 heavy (non-hydrogen) atoms. The van der Waals surface area contributed by atoms with E-state index in [4.69, 9.17) is 5.26 Å². The standard InChI is InChI=1S/C23H24N6O/c24-12-15-10-16-8-9-29(22(16)26-13-15)21-11-20(27-18-6-7-18)19(14-25-21)23(30)28-17-4-2-1-3-5-17/h8-11,13-14,17-18H,1-7H2,(H,25,27)(H,28,30). The topological polar surface area (TPSA) is 95.6 Å². The Morgan fingerprint density at radius 2 is 1.90 bits per heavy atom.